The van der Waals surface area contributed by atoms with E-state index in [9.17, 15) is 26.3 Å². The van der Waals surface area contributed by atoms with Gasteiger partial charge in [-0.25, -0.2) is 17.9 Å². The van der Waals surface area contributed by atoms with Crippen LogP contribution in [0.3, 0.4) is 0 Å². The number of alkyl halides is 3. The van der Waals surface area contributed by atoms with E-state index in [1.54, 1.807) is 12.4 Å². The van der Waals surface area contributed by atoms with Crippen molar-refractivity contribution < 1.29 is 45.1 Å². The number of nitrogens with zero attached hydrogens (tertiary/aromatic N) is 5. The first-order valence-corrected chi connectivity index (χ1v) is 40.0. The average molecular weight is 1590 g/mol. The summed E-state index contributed by atoms with van der Waals surface area (Å²) < 4.78 is 98.2. The Morgan fingerprint density at radius 3 is 1.43 bits per heavy atom. The van der Waals surface area contributed by atoms with Gasteiger partial charge in [0, 0.05) is 132 Å². The van der Waals surface area contributed by atoms with Gasteiger partial charge >= 0.3 is 6.18 Å². The van der Waals surface area contributed by atoms with Crippen LogP contribution in [0.15, 0.2) is 199 Å². The largest absolute Gasteiger partial charge is 0.486 e. The molecule has 7 aromatic carbocycles. The van der Waals surface area contributed by atoms with Crippen molar-refractivity contribution in [2.24, 2.45) is 0 Å². The molecule has 2 aliphatic rings. The van der Waals surface area contributed by atoms with Crippen LogP contribution in [0, 0.1) is 31.3 Å². The van der Waals surface area contributed by atoms with Gasteiger partial charge < -0.3 is 61.3 Å². The first-order chi connectivity index (χ1) is 54.8. The molecule has 1 unspecified atom stereocenters. The molecule has 12 rings (SSSR count). The molecule has 23 heteroatoms. The first-order valence-electron chi connectivity index (χ1n) is 40.0. The van der Waals surface area contributed by atoms with Gasteiger partial charge in [0.1, 0.15) is 19.0 Å². The fraction of sp³-hybridized carbons (Fsp3) is 0.435. The molecule has 115 heavy (non-hydrogen) atoms. The Labute approximate surface area is 680 Å². The van der Waals surface area contributed by atoms with E-state index >= 15 is 0 Å². The molecule has 0 radical (unpaired) electrons. The third-order valence-electron chi connectivity index (χ3n) is 16.9. The SMILES string of the molecule is CC(C)NCC1OCCc2ccccc21.CC(C)NCc1cc(F)c(F)c(F)c1.CC(C)NCc1ccc(-n2cccn2)cc1.CC(C)NCc1ccc(C(F)(F)F)cc1.CC(C)NCc1ccc2c(c1)OCCO2.CC(C)NCc1cccc(-c2ccccc2)c1.Cc1cc(CNC(C)C)no1.Cc1cnc(CNC(C)C)cn1. The molecule has 626 valence electrons. The van der Waals surface area contributed by atoms with Crippen molar-refractivity contribution in [3.63, 3.8) is 0 Å². The number of ether oxygens (including phenoxy) is 3. The summed E-state index contributed by atoms with van der Waals surface area (Å²) in [5.74, 6) is -1.13. The van der Waals surface area contributed by atoms with Crippen molar-refractivity contribution in [3.8, 4) is 28.3 Å². The minimum absolute atomic E-state index is 0.214. The molecule has 0 fully saturated rings. The Morgan fingerprint density at radius 1 is 0.435 bits per heavy atom. The smallest absolute Gasteiger partial charge is 0.416 e. The molecular formula is C92H127F6N13O4. The van der Waals surface area contributed by atoms with Gasteiger partial charge in [0.15, 0.2) is 29.0 Å². The summed E-state index contributed by atoms with van der Waals surface area (Å²) in [5.41, 5.74) is 13.9. The maximum Gasteiger partial charge on any atom is 0.416 e. The number of aryl methyl sites for hydroxylation is 2. The van der Waals surface area contributed by atoms with Crippen molar-refractivity contribution in [1.82, 2.24) is 67.4 Å². The molecule has 0 saturated heterocycles. The van der Waals surface area contributed by atoms with Gasteiger partial charge in [0.25, 0.3) is 0 Å². The maximum absolute atomic E-state index is 12.7. The molecule has 0 aliphatic carbocycles. The first kappa shape index (κ1) is 96.4. The number of fused-ring (bicyclic) bond motifs is 2. The predicted octanol–water partition coefficient (Wildman–Crippen LogP) is 19.0. The van der Waals surface area contributed by atoms with Crippen LogP contribution in [0.4, 0.5) is 26.3 Å². The number of nitrogens with one attached hydrogen (secondary N) is 8. The summed E-state index contributed by atoms with van der Waals surface area (Å²) in [5, 5.41) is 34.3. The zero-order valence-electron chi connectivity index (χ0n) is 70.8. The standard InChI is InChI=1S/C16H19N.C13H17N3.C13H19NO.C12H17NO2.C11H14F3N.C10H12F3N.C9H15N3.C8H14N2O/c1-13(2)17-12-14-7-6-10-16(11-14)15-8-4-3-5-9-15;1-11(2)14-10-12-4-6-13(7-5-12)16-9-3-8-15-16;1-10(2)14-9-13-12-6-4-3-5-11(12)7-8-15-13;1-9(2)13-8-10-3-4-11-12(7-10)15-6-5-14-11;1-8(2)15-7-9-3-5-10(6-4-9)11(12,13)14;1-6(2)14-5-7-3-8(11)10(13)9(12)4-7;1-7(2)10-5-9-6-11-8(3)4-12-9;1-6(2)9-5-8-4-7(3)11-10-8/h3-11,13,17H,12H2,1-2H3;3-9,11,14H,10H2,1-2H3;3-6,10,13-14H,7-9H2,1-2H3;3-4,7,9,13H,5-6,8H2,1-2H3;3-6,8,15H,7H2,1-2H3;3-4,6,14H,5H2,1-2H3;4,6-7,10H,5H2,1-3H3;4,6,9H,5H2,1-3H3. The van der Waals surface area contributed by atoms with Crippen LogP contribution >= 0.6 is 0 Å². The minimum atomic E-state index is -4.25. The molecular weight excluding hydrogens is 1470 g/mol. The van der Waals surface area contributed by atoms with Gasteiger partial charge in [-0.2, -0.15) is 18.3 Å². The maximum atomic E-state index is 12.7. The van der Waals surface area contributed by atoms with Crippen molar-refractivity contribution in [3.05, 3.63) is 279 Å². The Balaban J connectivity index is 0.000000235. The third-order valence-corrected chi connectivity index (χ3v) is 16.9. The summed E-state index contributed by atoms with van der Waals surface area (Å²) in [6.45, 7) is 45.6. The molecule has 3 aromatic heterocycles. The highest BCUT2D eigenvalue weighted by atomic mass is 19.4. The number of halogens is 6. The van der Waals surface area contributed by atoms with Gasteiger partial charge in [-0.05, 0) is 131 Å². The lowest BCUT2D eigenvalue weighted by atomic mass is 9.97. The van der Waals surface area contributed by atoms with E-state index in [4.69, 9.17) is 18.7 Å². The number of aromatic nitrogens is 5. The summed E-state index contributed by atoms with van der Waals surface area (Å²) in [6, 6.07) is 57.0. The van der Waals surface area contributed by atoms with Crippen molar-refractivity contribution in [2.45, 2.75) is 237 Å². The Kier molecular flexibility index (Phi) is 44.0. The second-order valence-corrected chi connectivity index (χ2v) is 30.4. The van der Waals surface area contributed by atoms with E-state index in [-0.39, 0.29) is 12.1 Å². The number of rotatable bonds is 26. The van der Waals surface area contributed by atoms with E-state index in [0.29, 0.717) is 74.2 Å². The summed E-state index contributed by atoms with van der Waals surface area (Å²) in [6.07, 6.45) is 4.37. The van der Waals surface area contributed by atoms with Crippen LogP contribution in [-0.2, 0) is 63.1 Å². The molecule has 8 N–H and O–H groups in total. The molecule has 0 spiro atoms. The van der Waals surface area contributed by atoms with Crippen LogP contribution in [0.5, 0.6) is 11.5 Å². The normalized spacial score (nSPS) is 12.7. The Morgan fingerprint density at radius 2 is 0.922 bits per heavy atom. The summed E-state index contributed by atoms with van der Waals surface area (Å²) in [7, 11) is 0. The second-order valence-electron chi connectivity index (χ2n) is 30.4. The highest BCUT2D eigenvalue weighted by Gasteiger charge is 2.30. The van der Waals surface area contributed by atoms with Gasteiger partial charge in [-0.15, -0.1) is 0 Å². The van der Waals surface area contributed by atoms with Crippen LogP contribution in [-0.4, -0.2) is 99.6 Å². The lowest BCUT2D eigenvalue weighted by Crippen LogP contribution is -2.31. The third kappa shape index (κ3) is 40.3. The fourth-order valence-electron chi connectivity index (χ4n) is 10.6. The molecule has 10 aromatic rings. The van der Waals surface area contributed by atoms with Gasteiger partial charge in [-0.3, -0.25) is 9.97 Å². The van der Waals surface area contributed by atoms with E-state index in [1.165, 1.54) is 51.1 Å². The number of hydrogen-bond donors (Lipinski definition) is 8. The molecule has 0 amide bonds. The number of hydrogen-bond acceptors (Lipinski definition) is 16. The lowest BCUT2D eigenvalue weighted by molar-refractivity contribution is -0.137. The summed E-state index contributed by atoms with van der Waals surface area (Å²) >= 11 is 0. The predicted molar refractivity (Wildman–Crippen MR) is 454 cm³/mol. The van der Waals surface area contributed by atoms with Crippen LogP contribution in [0.2, 0.25) is 0 Å². The molecule has 0 bridgehead atoms. The monoisotopic (exact) mass is 1590 g/mol. The molecule has 0 saturated carbocycles. The molecule has 17 nitrogen and oxygen atoms in total. The molecule has 2 aliphatic heterocycles. The van der Waals surface area contributed by atoms with Crippen LogP contribution in [0.25, 0.3) is 16.8 Å². The van der Waals surface area contributed by atoms with Gasteiger partial charge in [0.2, 0.25) is 0 Å². The average Bonchev–Trinajstić information content (AvgIpc) is 1.66. The Hall–Kier alpha value is -9.14. The van der Waals surface area contributed by atoms with Crippen molar-refractivity contribution >= 4 is 0 Å². The highest BCUT2D eigenvalue weighted by Crippen LogP contribution is 2.32. The van der Waals surface area contributed by atoms with E-state index in [2.05, 4.69) is 249 Å². The minimum Gasteiger partial charge on any atom is -0.486 e. The van der Waals surface area contributed by atoms with Crippen LogP contribution in [0.1, 0.15) is 184 Å². The zero-order valence-corrected chi connectivity index (χ0v) is 70.8. The summed E-state index contributed by atoms with van der Waals surface area (Å²) in [4.78, 5) is 8.38. The fourth-order valence-corrected chi connectivity index (χ4v) is 10.6. The van der Waals surface area contributed by atoms with E-state index in [0.717, 1.165) is 122 Å². The van der Waals surface area contributed by atoms with Gasteiger partial charge in [0.05, 0.1) is 41.0 Å². The lowest BCUT2D eigenvalue weighted by Gasteiger charge is -2.27. The van der Waals surface area contributed by atoms with Gasteiger partial charge in [-0.1, -0.05) is 219 Å². The Bertz CT molecular complexity index is 4210. The van der Waals surface area contributed by atoms with Crippen LogP contribution < -0.4 is 52.0 Å². The van der Waals surface area contributed by atoms with Crippen molar-refractivity contribution in [2.75, 3.05) is 26.4 Å². The van der Waals surface area contributed by atoms with E-state index < -0.39 is 29.2 Å². The molecule has 1 atom stereocenters. The van der Waals surface area contributed by atoms with E-state index in [1.807, 2.05) is 88.9 Å². The topological polar surface area (TPSA) is 194 Å². The second kappa shape index (κ2) is 52.4. The molecule has 5 heterocycles. The highest BCUT2D eigenvalue weighted by molar-refractivity contribution is 5.64. The number of benzene rings is 7. The quantitative estimate of drug-likeness (QED) is 0.0188. The van der Waals surface area contributed by atoms with Crippen molar-refractivity contribution in [1.29, 1.82) is 0 Å². The zero-order chi connectivity index (χ0) is 84.2.